The summed E-state index contributed by atoms with van der Waals surface area (Å²) in [7, 11) is 0. The van der Waals surface area contributed by atoms with Gasteiger partial charge < -0.3 is 18.9 Å². The lowest BCUT2D eigenvalue weighted by atomic mass is 10.1. The fourth-order valence-corrected chi connectivity index (χ4v) is 3.88. The van der Waals surface area contributed by atoms with Crippen molar-refractivity contribution in [3.05, 3.63) is 108 Å². The molecule has 1 saturated heterocycles. The lowest BCUT2D eigenvalue weighted by molar-refractivity contribution is -0.0897. The number of hydrogen-bond donors (Lipinski definition) is 0. The van der Waals surface area contributed by atoms with Gasteiger partial charge in [-0.15, -0.1) is 0 Å². The van der Waals surface area contributed by atoms with Crippen LogP contribution in [0.1, 0.15) is 23.6 Å². The summed E-state index contributed by atoms with van der Waals surface area (Å²) in [6, 6.07) is 30.6. The first-order valence-corrected chi connectivity index (χ1v) is 10.9. The van der Waals surface area contributed by atoms with E-state index in [-0.39, 0.29) is 24.4 Å². The second-order valence-electron chi connectivity index (χ2n) is 7.90. The minimum absolute atomic E-state index is 0.0742. The zero-order valence-corrected chi connectivity index (χ0v) is 17.9. The van der Waals surface area contributed by atoms with Gasteiger partial charge in [0.05, 0.1) is 32.5 Å². The summed E-state index contributed by atoms with van der Waals surface area (Å²) in [6.07, 6.45) is -0.609. The van der Waals surface area contributed by atoms with E-state index in [4.69, 9.17) is 18.9 Å². The van der Waals surface area contributed by atoms with Gasteiger partial charge in [0.25, 0.3) is 0 Å². The molecule has 162 valence electrons. The minimum Gasteiger partial charge on any atom is -0.374 e. The van der Waals surface area contributed by atoms with Gasteiger partial charge in [0, 0.05) is 0 Å². The Morgan fingerprint density at radius 1 is 0.613 bits per heavy atom. The molecule has 0 aliphatic carbocycles. The van der Waals surface area contributed by atoms with Gasteiger partial charge in [-0.2, -0.15) is 0 Å². The third-order valence-corrected chi connectivity index (χ3v) is 5.51. The summed E-state index contributed by atoms with van der Waals surface area (Å²) < 4.78 is 24.8. The van der Waals surface area contributed by atoms with Gasteiger partial charge in [-0.25, -0.2) is 0 Å². The van der Waals surface area contributed by atoms with Crippen LogP contribution < -0.4 is 0 Å². The van der Waals surface area contributed by atoms with Gasteiger partial charge in [-0.1, -0.05) is 91.0 Å². The first-order valence-electron chi connectivity index (χ1n) is 10.9. The molecule has 4 heteroatoms. The molecule has 0 amide bonds. The molecular formula is C27H30O4. The summed E-state index contributed by atoms with van der Waals surface area (Å²) >= 11 is 0. The highest BCUT2D eigenvalue weighted by Crippen LogP contribution is 2.29. The molecule has 1 heterocycles. The highest BCUT2D eigenvalue weighted by molar-refractivity contribution is 5.15. The molecule has 0 aromatic heterocycles. The van der Waals surface area contributed by atoms with Crippen molar-refractivity contribution in [1.29, 1.82) is 0 Å². The molecular weight excluding hydrogens is 388 g/mol. The zero-order chi connectivity index (χ0) is 21.3. The molecule has 1 aliphatic heterocycles. The van der Waals surface area contributed by atoms with Crippen LogP contribution in [0, 0.1) is 0 Å². The Morgan fingerprint density at radius 3 is 1.58 bits per heavy atom. The molecule has 3 aromatic carbocycles. The SMILES string of the molecule is C[C@@H]1O[C@H](COCc2ccccc2)[C@H](OCc2ccccc2)[C@H]1OCc1ccccc1. The molecule has 0 bridgehead atoms. The third-order valence-electron chi connectivity index (χ3n) is 5.51. The van der Waals surface area contributed by atoms with Crippen LogP contribution in [0.25, 0.3) is 0 Å². The van der Waals surface area contributed by atoms with Crippen LogP contribution in [0.4, 0.5) is 0 Å². The Kier molecular flexibility index (Phi) is 7.86. The maximum absolute atomic E-state index is 6.35. The number of ether oxygens (including phenoxy) is 4. The minimum atomic E-state index is -0.199. The molecule has 0 N–H and O–H groups in total. The fourth-order valence-electron chi connectivity index (χ4n) is 3.88. The molecule has 4 atom stereocenters. The van der Waals surface area contributed by atoms with Crippen LogP contribution in [0.15, 0.2) is 91.0 Å². The predicted octanol–water partition coefficient (Wildman–Crippen LogP) is 5.16. The molecule has 3 aromatic rings. The van der Waals surface area contributed by atoms with E-state index in [2.05, 4.69) is 36.4 Å². The van der Waals surface area contributed by atoms with E-state index in [1.807, 2.05) is 61.5 Å². The van der Waals surface area contributed by atoms with Gasteiger partial charge in [-0.3, -0.25) is 0 Å². The highest BCUT2D eigenvalue weighted by atomic mass is 16.6. The van der Waals surface area contributed by atoms with Crippen LogP contribution in [0.3, 0.4) is 0 Å². The Balaban J connectivity index is 1.39. The van der Waals surface area contributed by atoms with Crippen LogP contribution in [-0.2, 0) is 38.8 Å². The molecule has 1 fully saturated rings. The van der Waals surface area contributed by atoms with Gasteiger partial charge in [-0.05, 0) is 23.6 Å². The third kappa shape index (κ3) is 6.25. The molecule has 0 unspecified atom stereocenters. The van der Waals surface area contributed by atoms with E-state index >= 15 is 0 Å². The van der Waals surface area contributed by atoms with Crippen molar-refractivity contribution < 1.29 is 18.9 Å². The van der Waals surface area contributed by atoms with Crippen LogP contribution >= 0.6 is 0 Å². The van der Waals surface area contributed by atoms with Crippen molar-refractivity contribution >= 4 is 0 Å². The van der Waals surface area contributed by atoms with Crippen molar-refractivity contribution in [3.63, 3.8) is 0 Å². The summed E-state index contributed by atoms with van der Waals surface area (Å²) in [5.74, 6) is 0. The second kappa shape index (κ2) is 11.2. The standard InChI is InChI=1S/C27H30O4/c1-21-26(29-18-23-13-7-3-8-14-23)27(30-19-24-15-9-4-10-16-24)25(31-21)20-28-17-22-11-5-2-6-12-22/h2-16,21,25-27H,17-20H2,1H3/t21-,25+,26-,27-/m0/s1. The van der Waals surface area contributed by atoms with E-state index in [1.165, 1.54) is 0 Å². The normalized spacial score (nSPS) is 23.1. The van der Waals surface area contributed by atoms with Gasteiger partial charge in [0.2, 0.25) is 0 Å². The molecule has 1 aliphatic rings. The Hall–Kier alpha value is -2.50. The van der Waals surface area contributed by atoms with Crippen molar-refractivity contribution in [3.8, 4) is 0 Å². The maximum atomic E-state index is 6.35. The lowest BCUT2D eigenvalue weighted by Gasteiger charge is -2.24. The van der Waals surface area contributed by atoms with E-state index in [9.17, 15) is 0 Å². The molecule has 0 saturated carbocycles. The van der Waals surface area contributed by atoms with Crippen molar-refractivity contribution in [2.24, 2.45) is 0 Å². The lowest BCUT2D eigenvalue weighted by Crippen LogP contribution is -2.38. The average molecular weight is 419 g/mol. The topological polar surface area (TPSA) is 36.9 Å². The van der Waals surface area contributed by atoms with E-state index in [0.29, 0.717) is 26.4 Å². The summed E-state index contributed by atoms with van der Waals surface area (Å²) in [5.41, 5.74) is 3.42. The monoisotopic (exact) mass is 418 g/mol. The smallest absolute Gasteiger partial charge is 0.115 e. The maximum Gasteiger partial charge on any atom is 0.115 e. The Labute approximate surface area is 184 Å². The molecule has 0 radical (unpaired) electrons. The van der Waals surface area contributed by atoms with Gasteiger partial charge >= 0.3 is 0 Å². The van der Waals surface area contributed by atoms with E-state index < -0.39 is 0 Å². The Morgan fingerprint density at radius 2 is 1.06 bits per heavy atom. The predicted molar refractivity (Wildman–Crippen MR) is 120 cm³/mol. The summed E-state index contributed by atoms with van der Waals surface area (Å²) in [4.78, 5) is 0. The van der Waals surface area contributed by atoms with E-state index in [1.54, 1.807) is 0 Å². The number of rotatable bonds is 10. The summed E-state index contributed by atoms with van der Waals surface area (Å²) in [6.45, 7) is 4.11. The van der Waals surface area contributed by atoms with Crippen molar-refractivity contribution in [2.45, 2.75) is 51.2 Å². The van der Waals surface area contributed by atoms with Gasteiger partial charge in [0.15, 0.2) is 0 Å². The largest absolute Gasteiger partial charge is 0.374 e. The molecule has 4 rings (SSSR count). The average Bonchev–Trinajstić information content (AvgIpc) is 3.12. The van der Waals surface area contributed by atoms with Crippen LogP contribution in [-0.4, -0.2) is 31.0 Å². The van der Waals surface area contributed by atoms with Crippen LogP contribution in [0.5, 0.6) is 0 Å². The Bertz CT molecular complexity index is 885. The van der Waals surface area contributed by atoms with Crippen LogP contribution in [0.2, 0.25) is 0 Å². The fraction of sp³-hybridized carbons (Fsp3) is 0.333. The molecule has 31 heavy (non-hydrogen) atoms. The molecule has 4 nitrogen and oxygen atoms in total. The first kappa shape index (κ1) is 21.7. The van der Waals surface area contributed by atoms with Crippen molar-refractivity contribution in [1.82, 2.24) is 0 Å². The number of hydrogen-bond acceptors (Lipinski definition) is 4. The second-order valence-corrected chi connectivity index (χ2v) is 7.90. The summed E-state index contributed by atoms with van der Waals surface area (Å²) in [5, 5.41) is 0. The quantitative estimate of drug-likeness (QED) is 0.456. The van der Waals surface area contributed by atoms with E-state index in [0.717, 1.165) is 16.7 Å². The zero-order valence-electron chi connectivity index (χ0n) is 17.9. The highest BCUT2D eigenvalue weighted by Gasteiger charge is 2.44. The van der Waals surface area contributed by atoms with Crippen molar-refractivity contribution in [2.75, 3.05) is 6.61 Å². The van der Waals surface area contributed by atoms with Gasteiger partial charge in [0.1, 0.15) is 18.3 Å². The first-order chi connectivity index (χ1) is 15.3. The molecule has 0 spiro atoms. The number of benzene rings is 3.